The van der Waals surface area contributed by atoms with Gasteiger partial charge in [-0.15, -0.1) is 0 Å². The molecule has 1 unspecified atom stereocenters. The third-order valence-corrected chi connectivity index (χ3v) is 4.99. The Morgan fingerprint density at radius 3 is 2.81 bits per heavy atom. The topological polar surface area (TPSA) is 82.9 Å². The first-order valence-electron chi connectivity index (χ1n) is 8.57. The largest absolute Gasteiger partial charge is 0.466 e. The van der Waals surface area contributed by atoms with Crippen LogP contribution in [-0.2, 0) is 21.5 Å². The van der Waals surface area contributed by atoms with Gasteiger partial charge in [-0.2, -0.15) is 0 Å². The molecule has 26 heavy (non-hydrogen) atoms. The molecule has 3 heterocycles. The van der Waals surface area contributed by atoms with Crippen LogP contribution in [0, 0.1) is 0 Å². The second-order valence-corrected chi connectivity index (χ2v) is 6.70. The van der Waals surface area contributed by atoms with Gasteiger partial charge in [-0.1, -0.05) is 18.2 Å². The zero-order valence-corrected chi connectivity index (χ0v) is 14.4. The number of nitrogens with zero attached hydrogens (tertiary/aromatic N) is 2. The van der Waals surface area contributed by atoms with E-state index in [4.69, 9.17) is 4.42 Å². The van der Waals surface area contributed by atoms with Crippen molar-refractivity contribution in [1.29, 1.82) is 0 Å². The molecule has 1 N–H and O–H groups in total. The Hall–Kier alpha value is -3.09. The number of carbonyl (C=O) groups excluding carboxylic acids is 3. The number of nitrogens with one attached hydrogen (secondary N) is 1. The number of hydrogen-bond donors (Lipinski definition) is 1. The van der Waals surface area contributed by atoms with Gasteiger partial charge in [0, 0.05) is 12.2 Å². The third kappa shape index (κ3) is 2.47. The van der Waals surface area contributed by atoms with Crippen molar-refractivity contribution in [2.45, 2.75) is 25.3 Å². The van der Waals surface area contributed by atoms with E-state index in [1.807, 2.05) is 24.3 Å². The molecule has 0 saturated carbocycles. The van der Waals surface area contributed by atoms with Gasteiger partial charge in [-0.25, -0.2) is 4.79 Å². The molecule has 2 aliphatic rings. The van der Waals surface area contributed by atoms with Crippen LogP contribution in [0.1, 0.15) is 24.7 Å². The average molecular weight is 353 g/mol. The Labute approximate surface area is 150 Å². The molecule has 2 aliphatic heterocycles. The van der Waals surface area contributed by atoms with Crippen LogP contribution in [0.15, 0.2) is 47.1 Å². The van der Waals surface area contributed by atoms with Gasteiger partial charge in [0.2, 0.25) is 5.91 Å². The van der Waals surface area contributed by atoms with E-state index in [2.05, 4.69) is 5.32 Å². The monoisotopic (exact) mass is 353 g/mol. The van der Waals surface area contributed by atoms with Gasteiger partial charge in [0.25, 0.3) is 5.91 Å². The quantitative estimate of drug-likeness (QED) is 0.856. The molecule has 4 rings (SSSR count). The molecule has 7 heteroatoms. The van der Waals surface area contributed by atoms with Gasteiger partial charge >= 0.3 is 6.03 Å². The summed E-state index contributed by atoms with van der Waals surface area (Å²) in [6.45, 7) is 1.86. The standard InChI is InChI=1S/C19H19N3O4/c1-19(15-9-5-11-26-15)17(24)22(18(25)20-19)12-16(23)21-10-4-7-13-6-2-3-8-14(13)21/h2-3,5-6,8-9,11H,4,7,10,12H2,1H3,(H,20,25). The fraction of sp³-hybridized carbons (Fsp3) is 0.316. The molecule has 4 amide bonds. The molecule has 1 atom stereocenters. The van der Waals surface area contributed by atoms with Crippen LogP contribution in [0.25, 0.3) is 0 Å². The summed E-state index contributed by atoms with van der Waals surface area (Å²) in [6, 6.07) is 10.4. The van der Waals surface area contributed by atoms with Crippen molar-refractivity contribution < 1.29 is 18.8 Å². The smallest absolute Gasteiger partial charge is 0.325 e. The lowest BCUT2D eigenvalue weighted by atomic mass is 9.99. The van der Waals surface area contributed by atoms with Crippen LogP contribution in [-0.4, -0.2) is 35.8 Å². The highest BCUT2D eigenvalue weighted by atomic mass is 16.3. The summed E-state index contributed by atoms with van der Waals surface area (Å²) >= 11 is 0. The third-order valence-electron chi connectivity index (χ3n) is 4.99. The highest BCUT2D eigenvalue weighted by Crippen LogP contribution is 2.30. The van der Waals surface area contributed by atoms with Crippen molar-refractivity contribution in [3.63, 3.8) is 0 Å². The van der Waals surface area contributed by atoms with E-state index in [1.165, 1.54) is 6.26 Å². The van der Waals surface area contributed by atoms with E-state index >= 15 is 0 Å². The Morgan fingerprint density at radius 1 is 1.23 bits per heavy atom. The van der Waals surface area contributed by atoms with Gasteiger partial charge in [0.15, 0.2) is 5.54 Å². The molecule has 1 fully saturated rings. The van der Waals surface area contributed by atoms with E-state index in [1.54, 1.807) is 24.0 Å². The van der Waals surface area contributed by atoms with Crippen molar-refractivity contribution in [2.75, 3.05) is 18.0 Å². The number of carbonyl (C=O) groups is 3. The summed E-state index contributed by atoms with van der Waals surface area (Å²) in [5, 5.41) is 2.63. The molecular formula is C19H19N3O4. The predicted molar refractivity (Wildman–Crippen MR) is 93.4 cm³/mol. The molecule has 134 valence electrons. The molecule has 1 aromatic heterocycles. The van der Waals surface area contributed by atoms with Crippen molar-refractivity contribution in [3.8, 4) is 0 Å². The van der Waals surface area contributed by atoms with E-state index < -0.39 is 17.5 Å². The zero-order valence-electron chi connectivity index (χ0n) is 14.4. The number of imide groups is 1. The molecule has 0 aliphatic carbocycles. The first kappa shape index (κ1) is 16.4. The van der Waals surface area contributed by atoms with E-state index in [-0.39, 0.29) is 12.5 Å². The number of benzene rings is 1. The van der Waals surface area contributed by atoms with Gasteiger partial charge in [-0.3, -0.25) is 14.5 Å². The van der Waals surface area contributed by atoms with Gasteiger partial charge in [0.05, 0.1) is 6.26 Å². The van der Waals surface area contributed by atoms with E-state index in [9.17, 15) is 14.4 Å². The summed E-state index contributed by atoms with van der Waals surface area (Å²) in [6.07, 6.45) is 3.21. The Kier molecular flexibility index (Phi) is 3.79. The van der Waals surface area contributed by atoms with Crippen LogP contribution in [0.5, 0.6) is 0 Å². The molecule has 1 saturated heterocycles. The summed E-state index contributed by atoms with van der Waals surface area (Å²) in [5.41, 5.74) is 0.662. The molecule has 7 nitrogen and oxygen atoms in total. The number of aryl methyl sites for hydroxylation is 1. The molecule has 0 spiro atoms. The van der Waals surface area contributed by atoms with E-state index in [0.29, 0.717) is 12.3 Å². The lowest BCUT2D eigenvalue weighted by Crippen LogP contribution is -2.46. The van der Waals surface area contributed by atoms with Crippen molar-refractivity contribution in [2.24, 2.45) is 0 Å². The minimum atomic E-state index is -1.29. The van der Waals surface area contributed by atoms with Crippen molar-refractivity contribution in [3.05, 3.63) is 54.0 Å². The highest BCUT2D eigenvalue weighted by molar-refractivity contribution is 6.10. The van der Waals surface area contributed by atoms with Crippen LogP contribution >= 0.6 is 0 Å². The Morgan fingerprint density at radius 2 is 2.04 bits per heavy atom. The minimum absolute atomic E-state index is 0.274. The fourth-order valence-electron chi connectivity index (χ4n) is 3.58. The number of hydrogen-bond acceptors (Lipinski definition) is 4. The van der Waals surface area contributed by atoms with Crippen molar-refractivity contribution >= 4 is 23.5 Å². The first-order valence-corrected chi connectivity index (χ1v) is 8.57. The number of urea groups is 1. The number of rotatable bonds is 3. The van der Waals surface area contributed by atoms with Gasteiger partial charge in [-0.05, 0) is 43.5 Å². The highest BCUT2D eigenvalue weighted by Gasteiger charge is 2.51. The first-order chi connectivity index (χ1) is 12.5. The number of fused-ring (bicyclic) bond motifs is 1. The maximum absolute atomic E-state index is 12.8. The van der Waals surface area contributed by atoms with Gasteiger partial charge in [0.1, 0.15) is 12.3 Å². The molecular weight excluding hydrogens is 334 g/mol. The second-order valence-electron chi connectivity index (χ2n) is 6.70. The maximum atomic E-state index is 12.8. The molecule has 1 aromatic carbocycles. The normalized spacial score (nSPS) is 22.3. The molecule has 0 radical (unpaired) electrons. The predicted octanol–water partition coefficient (Wildman–Crippen LogP) is 2.03. The summed E-state index contributed by atoms with van der Waals surface area (Å²) in [5.74, 6) is -0.422. The second kappa shape index (κ2) is 6.01. The minimum Gasteiger partial charge on any atom is -0.466 e. The number of anilines is 1. The molecule has 2 aromatic rings. The van der Waals surface area contributed by atoms with Gasteiger partial charge < -0.3 is 14.6 Å². The summed E-state index contributed by atoms with van der Waals surface area (Å²) in [7, 11) is 0. The number of furan rings is 1. The van der Waals surface area contributed by atoms with E-state index in [0.717, 1.165) is 29.0 Å². The maximum Gasteiger partial charge on any atom is 0.325 e. The van der Waals surface area contributed by atoms with Crippen LogP contribution in [0.2, 0.25) is 0 Å². The Balaban J connectivity index is 1.56. The van der Waals surface area contributed by atoms with Crippen LogP contribution in [0.4, 0.5) is 10.5 Å². The fourth-order valence-corrected chi connectivity index (χ4v) is 3.58. The number of amides is 4. The Bertz CT molecular complexity index is 877. The average Bonchev–Trinajstić information content (AvgIpc) is 3.26. The van der Waals surface area contributed by atoms with Crippen LogP contribution in [0.3, 0.4) is 0 Å². The lowest BCUT2D eigenvalue weighted by molar-refractivity contribution is -0.134. The number of para-hydroxylation sites is 1. The molecule has 0 bridgehead atoms. The lowest BCUT2D eigenvalue weighted by Gasteiger charge is -2.30. The van der Waals surface area contributed by atoms with Crippen molar-refractivity contribution in [1.82, 2.24) is 10.2 Å². The summed E-state index contributed by atoms with van der Waals surface area (Å²) in [4.78, 5) is 40.6. The summed E-state index contributed by atoms with van der Waals surface area (Å²) < 4.78 is 5.30. The zero-order chi connectivity index (χ0) is 18.3. The SMILES string of the molecule is CC1(c2ccco2)NC(=O)N(CC(=O)N2CCCc3ccccc32)C1=O. The van der Waals surface area contributed by atoms with Crippen LogP contribution < -0.4 is 10.2 Å².